The van der Waals surface area contributed by atoms with Crippen molar-refractivity contribution in [2.75, 3.05) is 0 Å². The summed E-state index contributed by atoms with van der Waals surface area (Å²) in [5.74, 6) is -1.10. The molecule has 0 saturated heterocycles. The summed E-state index contributed by atoms with van der Waals surface area (Å²) in [6.45, 7) is 0. The van der Waals surface area contributed by atoms with Gasteiger partial charge in [-0.3, -0.25) is 0 Å². The van der Waals surface area contributed by atoms with Gasteiger partial charge in [0.15, 0.2) is 0 Å². The van der Waals surface area contributed by atoms with Crippen LogP contribution in [0.15, 0.2) is 95.9 Å². The van der Waals surface area contributed by atoms with Crippen LogP contribution in [0.1, 0.15) is 22.7 Å². The maximum absolute atomic E-state index is 13.0. The van der Waals surface area contributed by atoms with E-state index in [4.69, 9.17) is 5.11 Å². The third kappa shape index (κ3) is 4.94. The number of benzene rings is 3. The molecule has 0 fully saturated rings. The third-order valence-electron chi connectivity index (χ3n) is 4.13. The summed E-state index contributed by atoms with van der Waals surface area (Å²) in [7, 11) is -3.85. The molecule has 2 N–H and O–H groups in total. The Morgan fingerprint density at radius 1 is 0.857 bits per heavy atom. The summed E-state index contributed by atoms with van der Waals surface area (Å²) in [6.07, 6.45) is 2.32. The molecule has 3 rings (SSSR count). The zero-order valence-corrected chi connectivity index (χ0v) is 15.7. The molecule has 0 spiro atoms. The van der Waals surface area contributed by atoms with Gasteiger partial charge in [-0.25, -0.2) is 13.2 Å². The molecule has 0 heterocycles. The average molecular weight is 393 g/mol. The van der Waals surface area contributed by atoms with Gasteiger partial charge in [-0.2, -0.15) is 4.72 Å². The molecule has 6 heteroatoms. The molecule has 3 aromatic rings. The van der Waals surface area contributed by atoms with Crippen LogP contribution >= 0.6 is 0 Å². The molecule has 0 aliphatic rings. The molecule has 0 atom stereocenters. The smallest absolute Gasteiger partial charge is 0.328 e. The molecule has 0 aromatic heterocycles. The van der Waals surface area contributed by atoms with Gasteiger partial charge in [0, 0.05) is 6.08 Å². The van der Waals surface area contributed by atoms with Crippen LogP contribution in [0.3, 0.4) is 0 Å². The van der Waals surface area contributed by atoms with E-state index in [0.717, 1.165) is 17.2 Å². The van der Waals surface area contributed by atoms with Crippen LogP contribution in [0, 0.1) is 0 Å². The van der Waals surface area contributed by atoms with Gasteiger partial charge in [-0.05, 0) is 34.9 Å². The first-order valence-corrected chi connectivity index (χ1v) is 10.1. The van der Waals surface area contributed by atoms with Crippen molar-refractivity contribution in [1.29, 1.82) is 0 Å². The number of aliphatic carboxylic acids is 1. The van der Waals surface area contributed by atoms with E-state index in [1.165, 1.54) is 18.2 Å². The lowest BCUT2D eigenvalue weighted by Crippen LogP contribution is -2.29. The van der Waals surface area contributed by atoms with Crippen molar-refractivity contribution in [2.45, 2.75) is 10.9 Å². The summed E-state index contributed by atoms with van der Waals surface area (Å²) in [6, 6.07) is 24.2. The Kier molecular flexibility index (Phi) is 6.03. The molecule has 0 aliphatic heterocycles. The largest absolute Gasteiger partial charge is 0.478 e. The third-order valence-corrected chi connectivity index (χ3v) is 5.55. The number of sulfonamides is 1. The standard InChI is InChI=1S/C22H19NO4S/c24-21(25)15-14-17-8-7-13-20(16-17)28(26,27)23-22(18-9-3-1-4-10-18)19-11-5-2-6-12-19/h1-16,22-23H,(H,24,25)/b15-14+. The quantitative estimate of drug-likeness (QED) is 0.597. The lowest BCUT2D eigenvalue weighted by molar-refractivity contribution is -0.131. The Bertz CT molecular complexity index is 1040. The number of carbonyl (C=O) groups is 1. The Morgan fingerprint density at radius 3 is 1.96 bits per heavy atom. The van der Waals surface area contributed by atoms with Gasteiger partial charge in [0.05, 0.1) is 10.9 Å². The predicted molar refractivity (Wildman–Crippen MR) is 108 cm³/mol. The van der Waals surface area contributed by atoms with Gasteiger partial charge in [0.25, 0.3) is 0 Å². The van der Waals surface area contributed by atoms with Crippen LogP contribution in [0.25, 0.3) is 6.08 Å². The lowest BCUT2D eigenvalue weighted by Gasteiger charge is -2.20. The fourth-order valence-corrected chi connectivity index (χ4v) is 4.06. The minimum absolute atomic E-state index is 0.0666. The molecular weight excluding hydrogens is 374 g/mol. The SMILES string of the molecule is O=C(O)/C=C/c1cccc(S(=O)(=O)NC(c2ccccc2)c2ccccc2)c1. The van der Waals surface area contributed by atoms with Crippen LogP contribution < -0.4 is 4.72 Å². The van der Waals surface area contributed by atoms with Gasteiger partial charge >= 0.3 is 5.97 Å². The molecule has 0 radical (unpaired) electrons. The van der Waals surface area contributed by atoms with Crippen molar-refractivity contribution < 1.29 is 18.3 Å². The number of hydrogen-bond donors (Lipinski definition) is 2. The Hall–Kier alpha value is -3.22. The first-order chi connectivity index (χ1) is 13.5. The van der Waals surface area contributed by atoms with E-state index >= 15 is 0 Å². The molecule has 0 saturated carbocycles. The zero-order chi connectivity index (χ0) is 20.0. The van der Waals surface area contributed by atoms with Crippen molar-refractivity contribution >= 4 is 22.1 Å². The van der Waals surface area contributed by atoms with Crippen LogP contribution in [0.4, 0.5) is 0 Å². The zero-order valence-electron chi connectivity index (χ0n) is 14.9. The minimum Gasteiger partial charge on any atom is -0.478 e. The molecule has 0 amide bonds. The van der Waals surface area contributed by atoms with Gasteiger partial charge in [-0.1, -0.05) is 72.8 Å². The summed E-state index contributed by atoms with van der Waals surface area (Å²) < 4.78 is 28.8. The molecule has 142 valence electrons. The van der Waals surface area contributed by atoms with Gasteiger partial charge in [0.2, 0.25) is 10.0 Å². The van der Waals surface area contributed by atoms with E-state index in [9.17, 15) is 13.2 Å². The molecule has 3 aromatic carbocycles. The monoisotopic (exact) mass is 393 g/mol. The summed E-state index contributed by atoms with van der Waals surface area (Å²) in [5.41, 5.74) is 2.12. The maximum atomic E-state index is 13.0. The van der Waals surface area contributed by atoms with Crippen LogP contribution in [-0.4, -0.2) is 19.5 Å². The van der Waals surface area contributed by atoms with Gasteiger partial charge in [0.1, 0.15) is 0 Å². The summed E-state index contributed by atoms with van der Waals surface area (Å²) in [4.78, 5) is 10.8. The average Bonchev–Trinajstić information content (AvgIpc) is 2.72. The van der Waals surface area contributed by atoms with E-state index in [1.54, 1.807) is 12.1 Å². The molecule has 5 nitrogen and oxygen atoms in total. The molecule has 28 heavy (non-hydrogen) atoms. The first kappa shape index (κ1) is 19.5. The first-order valence-electron chi connectivity index (χ1n) is 8.59. The normalized spacial score (nSPS) is 11.8. The molecule has 0 bridgehead atoms. The van der Waals surface area contributed by atoms with E-state index in [1.807, 2.05) is 60.7 Å². The van der Waals surface area contributed by atoms with Crippen LogP contribution in [0.2, 0.25) is 0 Å². The number of carboxylic acids is 1. The fraction of sp³-hybridized carbons (Fsp3) is 0.0455. The second-order valence-electron chi connectivity index (χ2n) is 6.12. The van der Waals surface area contributed by atoms with E-state index in [-0.39, 0.29) is 4.90 Å². The number of nitrogens with one attached hydrogen (secondary N) is 1. The fourth-order valence-electron chi connectivity index (χ4n) is 2.80. The van der Waals surface area contributed by atoms with Crippen molar-refractivity contribution in [3.8, 4) is 0 Å². The summed E-state index contributed by atoms with van der Waals surface area (Å²) in [5, 5.41) is 8.76. The van der Waals surface area contributed by atoms with E-state index < -0.39 is 22.0 Å². The maximum Gasteiger partial charge on any atom is 0.328 e. The van der Waals surface area contributed by atoms with Gasteiger partial charge in [-0.15, -0.1) is 0 Å². The Balaban J connectivity index is 1.96. The van der Waals surface area contributed by atoms with Gasteiger partial charge < -0.3 is 5.11 Å². The highest BCUT2D eigenvalue weighted by Gasteiger charge is 2.22. The number of rotatable bonds is 7. The van der Waals surface area contributed by atoms with Crippen molar-refractivity contribution in [1.82, 2.24) is 4.72 Å². The summed E-state index contributed by atoms with van der Waals surface area (Å²) >= 11 is 0. The lowest BCUT2D eigenvalue weighted by atomic mass is 10.00. The highest BCUT2D eigenvalue weighted by atomic mass is 32.2. The van der Waals surface area contributed by atoms with E-state index in [2.05, 4.69) is 4.72 Å². The topological polar surface area (TPSA) is 83.5 Å². The van der Waals surface area contributed by atoms with E-state index in [0.29, 0.717) is 5.56 Å². The second-order valence-corrected chi connectivity index (χ2v) is 7.83. The predicted octanol–water partition coefficient (Wildman–Crippen LogP) is 3.85. The minimum atomic E-state index is -3.85. The second kappa shape index (κ2) is 8.65. The van der Waals surface area contributed by atoms with Crippen molar-refractivity contribution in [2.24, 2.45) is 0 Å². The Labute approximate surface area is 164 Å². The van der Waals surface area contributed by atoms with Crippen molar-refractivity contribution in [3.63, 3.8) is 0 Å². The number of carboxylic acid groups (broad SMARTS) is 1. The van der Waals surface area contributed by atoms with Crippen LogP contribution in [-0.2, 0) is 14.8 Å². The molecule has 0 unspecified atom stereocenters. The number of hydrogen-bond acceptors (Lipinski definition) is 3. The Morgan fingerprint density at radius 2 is 1.43 bits per heavy atom. The van der Waals surface area contributed by atoms with Crippen molar-refractivity contribution in [3.05, 3.63) is 108 Å². The van der Waals surface area contributed by atoms with Crippen LogP contribution in [0.5, 0.6) is 0 Å². The molecular formula is C22H19NO4S. The highest BCUT2D eigenvalue weighted by molar-refractivity contribution is 7.89. The molecule has 0 aliphatic carbocycles. The highest BCUT2D eigenvalue weighted by Crippen LogP contribution is 2.25.